The Bertz CT molecular complexity index is 1830. The van der Waals surface area contributed by atoms with Crippen LogP contribution in [0.1, 0.15) is 39.3 Å². The molecule has 1 unspecified atom stereocenters. The molecule has 0 aliphatic heterocycles. The predicted octanol–water partition coefficient (Wildman–Crippen LogP) is 4.95. The highest BCUT2D eigenvalue weighted by molar-refractivity contribution is 5.45. The third-order valence-electron chi connectivity index (χ3n) is 6.46. The Morgan fingerprint density at radius 1 is 0.907 bits per heavy atom. The number of pyridine rings is 1. The van der Waals surface area contributed by atoms with E-state index in [1.54, 1.807) is 48.5 Å². The van der Waals surface area contributed by atoms with Crippen molar-refractivity contribution in [2.75, 3.05) is 0 Å². The van der Waals surface area contributed by atoms with E-state index in [1.165, 1.54) is 6.07 Å². The van der Waals surface area contributed by atoms with Gasteiger partial charge in [0.05, 0.1) is 18.1 Å². The fraction of sp³-hybridized carbons (Fsp3) is 0.129. The normalized spacial score (nSPS) is 12.5. The van der Waals surface area contributed by atoms with E-state index in [-0.39, 0.29) is 18.0 Å². The number of tetrazole rings is 1. The van der Waals surface area contributed by atoms with Crippen LogP contribution in [0.3, 0.4) is 0 Å². The SMILES string of the molecule is N#Cc1ccc(COc2cccc(C#Cc3ccc(C(F)(F)C(O)(Cc4nn[nH]n4)c4ccc(F)cc4F)nc3)c2)cc1. The summed E-state index contributed by atoms with van der Waals surface area (Å²) in [7, 11) is 0. The molecule has 0 saturated heterocycles. The molecule has 12 heteroatoms. The summed E-state index contributed by atoms with van der Waals surface area (Å²) in [5, 5.41) is 32.7. The van der Waals surface area contributed by atoms with Crippen LogP contribution in [0.5, 0.6) is 5.75 Å². The fourth-order valence-electron chi connectivity index (χ4n) is 4.20. The summed E-state index contributed by atoms with van der Waals surface area (Å²) in [4.78, 5) is 3.81. The molecule has 2 aromatic heterocycles. The molecule has 2 heterocycles. The molecule has 0 radical (unpaired) electrons. The lowest BCUT2D eigenvalue weighted by atomic mass is 9.81. The highest BCUT2D eigenvalue weighted by Gasteiger charge is 2.58. The van der Waals surface area contributed by atoms with Crippen LogP contribution in [-0.4, -0.2) is 30.7 Å². The van der Waals surface area contributed by atoms with Crippen molar-refractivity contribution >= 4 is 0 Å². The maximum absolute atomic E-state index is 15.9. The number of nitriles is 1. The van der Waals surface area contributed by atoms with Crippen molar-refractivity contribution in [2.45, 2.75) is 24.6 Å². The minimum absolute atomic E-state index is 0.281. The van der Waals surface area contributed by atoms with Crippen LogP contribution in [0.15, 0.2) is 85.1 Å². The number of alkyl halides is 2. The van der Waals surface area contributed by atoms with Gasteiger partial charge in [0.2, 0.25) is 0 Å². The summed E-state index contributed by atoms with van der Waals surface area (Å²) in [5.74, 6) is -0.581. The first-order chi connectivity index (χ1) is 20.7. The second kappa shape index (κ2) is 12.1. The molecule has 0 saturated carbocycles. The maximum atomic E-state index is 15.9. The van der Waals surface area contributed by atoms with Gasteiger partial charge in [-0.05, 0) is 54.1 Å². The van der Waals surface area contributed by atoms with Gasteiger partial charge in [0.1, 0.15) is 29.7 Å². The largest absolute Gasteiger partial charge is 0.489 e. The number of benzene rings is 3. The number of aliphatic hydroxyl groups is 1. The van der Waals surface area contributed by atoms with Crippen molar-refractivity contribution in [1.29, 1.82) is 5.26 Å². The molecule has 0 amide bonds. The van der Waals surface area contributed by atoms with E-state index in [0.717, 1.165) is 30.0 Å². The number of ether oxygens (including phenoxy) is 1. The molecular weight excluding hydrogens is 564 g/mol. The van der Waals surface area contributed by atoms with Crippen LogP contribution in [0.25, 0.3) is 0 Å². The standard InChI is InChI=1S/C31H20F4N6O2/c32-24-11-12-26(27(33)15-24)30(42,16-29-38-40-41-39-29)31(34,35)28-13-10-22(18-37-28)7-4-20-2-1-3-25(14-20)43-19-23-8-5-21(17-36)6-9-23/h1-3,5-6,8-15,18,42H,16,19H2,(H,38,39,40,41). The Hall–Kier alpha value is -5.59. The average Bonchev–Trinajstić information content (AvgIpc) is 3.52. The molecule has 0 bridgehead atoms. The van der Waals surface area contributed by atoms with Crippen molar-refractivity contribution in [1.82, 2.24) is 25.6 Å². The van der Waals surface area contributed by atoms with E-state index in [1.807, 2.05) is 0 Å². The van der Waals surface area contributed by atoms with Gasteiger partial charge >= 0.3 is 5.92 Å². The highest BCUT2D eigenvalue weighted by Crippen LogP contribution is 2.47. The first-order valence-corrected chi connectivity index (χ1v) is 12.7. The van der Waals surface area contributed by atoms with Crippen LogP contribution in [-0.2, 0) is 24.6 Å². The van der Waals surface area contributed by atoms with Crippen LogP contribution in [0, 0.1) is 34.8 Å². The zero-order chi connectivity index (χ0) is 30.5. The molecule has 8 nitrogen and oxygen atoms in total. The Labute approximate surface area is 242 Å². The summed E-state index contributed by atoms with van der Waals surface area (Å²) < 4.78 is 65.8. The molecule has 5 aromatic rings. The van der Waals surface area contributed by atoms with Gasteiger partial charge < -0.3 is 9.84 Å². The van der Waals surface area contributed by atoms with Gasteiger partial charge in [0.25, 0.3) is 0 Å². The number of halogens is 4. The molecule has 1 atom stereocenters. The first kappa shape index (κ1) is 28.9. The van der Waals surface area contributed by atoms with Crippen molar-refractivity contribution in [3.8, 4) is 23.7 Å². The number of nitrogens with one attached hydrogen (secondary N) is 1. The monoisotopic (exact) mass is 584 g/mol. The highest BCUT2D eigenvalue weighted by atomic mass is 19.3. The Balaban J connectivity index is 1.35. The molecule has 3 aromatic carbocycles. The lowest BCUT2D eigenvalue weighted by Crippen LogP contribution is -2.46. The summed E-state index contributed by atoms with van der Waals surface area (Å²) in [6.07, 6.45) is 0.142. The zero-order valence-electron chi connectivity index (χ0n) is 22.1. The Kier molecular flexibility index (Phi) is 8.14. The first-order valence-electron chi connectivity index (χ1n) is 12.7. The van der Waals surface area contributed by atoms with Gasteiger partial charge in [-0.25, -0.2) is 8.78 Å². The molecule has 5 rings (SSSR count). The Morgan fingerprint density at radius 2 is 1.67 bits per heavy atom. The van der Waals surface area contributed by atoms with Crippen molar-refractivity contribution < 1.29 is 27.4 Å². The number of hydrogen-bond acceptors (Lipinski definition) is 7. The van der Waals surface area contributed by atoms with E-state index in [9.17, 15) is 13.9 Å². The number of hydrogen-bond donors (Lipinski definition) is 2. The lowest BCUT2D eigenvalue weighted by molar-refractivity contribution is -0.199. The van der Waals surface area contributed by atoms with Gasteiger partial charge in [-0.1, -0.05) is 41.3 Å². The minimum Gasteiger partial charge on any atom is -0.489 e. The quantitative estimate of drug-likeness (QED) is 0.196. The second-order valence-electron chi connectivity index (χ2n) is 9.37. The van der Waals surface area contributed by atoms with E-state index < -0.39 is 40.8 Å². The molecule has 0 fully saturated rings. The third kappa shape index (κ3) is 6.35. The fourth-order valence-corrected chi connectivity index (χ4v) is 4.20. The third-order valence-corrected chi connectivity index (χ3v) is 6.46. The van der Waals surface area contributed by atoms with Crippen molar-refractivity contribution in [2.24, 2.45) is 0 Å². The number of rotatable bonds is 8. The lowest BCUT2D eigenvalue weighted by Gasteiger charge is -2.35. The molecule has 0 aliphatic rings. The molecule has 0 aliphatic carbocycles. The summed E-state index contributed by atoms with van der Waals surface area (Å²) in [6, 6.07) is 20.1. The number of H-pyrrole nitrogens is 1. The second-order valence-corrected chi connectivity index (χ2v) is 9.37. The number of nitrogens with zero attached hydrogens (tertiary/aromatic N) is 5. The molecule has 43 heavy (non-hydrogen) atoms. The topological polar surface area (TPSA) is 121 Å². The molecule has 0 spiro atoms. The average molecular weight is 585 g/mol. The molecular formula is C31H20F4N6O2. The van der Waals surface area contributed by atoms with Gasteiger partial charge in [0.15, 0.2) is 11.4 Å². The van der Waals surface area contributed by atoms with E-state index in [2.05, 4.69) is 43.5 Å². The maximum Gasteiger partial charge on any atom is 0.322 e. The number of aromatic amines is 1. The van der Waals surface area contributed by atoms with E-state index in [0.29, 0.717) is 22.9 Å². The van der Waals surface area contributed by atoms with Gasteiger partial charge in [0, 0.05) is 29.0 Å². The van der Waals surface area contributed by atoms with Crippen LogP contribution in [0.4, 0.5) is 17.6 Å². The van der Waals surface area contributed by atoms with Gasteiger partial charge in [-0.3, -0.25) is 4.98 Å². The zero-order valence-corrected chi connectivity index (χ0v) is 22.1. The van der Waals surface area contributed by atoms with Crippen molar-refractivity contribution in [3.05, 3.63) is 136 Å². The summed E-state index contributed by atoms with van der Waals surface area (Å²) in [6.45, 7) is 0.281. The van der Waals surface area contributed by atoms with Gasteiger partial charge in [-0.2, -0.15) is 19.3 Å². The van der Waals surface area contributed by atoms with Crippen molar-refractivity contribution in [3.63, 3.8) is 0 Å². The van der Waals surface area contributed by atoms with Crippen LogP contribution < -0.4 is 4.74 Å². The molecule has 2 N–H and O–H groups in total. The molecule has 214 valence electrons. The van der Waals surface area contributed by atoms with Crippen LogP contribution >= 0.6 is 0 Å². The predicted molar refractivity (Wildman–Crippen MR) is 144 cm³/mol. The van der Waals surface area contributed by atoms with Gasteiger partial charge in [-0.15, -0.1) is 10.2 Å². The van der Waals surface area contributed by atoms with E-state index >= 15 is 8.78 Å². The Morgan fingerprint density at radius 3 is 2.35 bits per heavy atom. The minimum atomic E-state index is -4.18. The summed E-state index contributed by atoms with van der Waals surface area (Å²) in [5.41, 5.74) is -2.68. The summed E-state index contributed by atoms with van der Waals surface area (Å²) >= 11 is 0. The van der Waals surface area contributed by atoms with Crippen LogP contribution in [0.2, 0.25) is 0 Å². The number of aromatic nitrogens is 5. The smallest absolute Gasteiger partial charge is 0.322 e. The van der Waals surface area contributed by atoms with E-state index in [4.69, 9.17) is 10.00 Å².